The molecule has 0 bridgehead atoms. The van der Waals surface area contributed by atoms with Crippen molar-refractivity contribution in [3.05, 3.63) is 11.1 Å². The lowest BCUT2D eigenvalue weighted by Crippen LogP contribution is -2.51. The number of nitrogens with one attached hydrogen (secondary N) is 1. The number of halogens is 2. The predicted octanol–water partition coefficient (Wildman–Crippen LogP) is 1.58. The van der Waals surface area contributed by atoms with Gasteiger partial charge in [0.15, 0.2) is 5.13 Å². The Morgan fingerprint density at radius 3 is 2.71 bits per heavy atom. The number of aryl methyl sites for hydroxylation is 1. The molecule has 0 radical (unpaired) electrons. The molecule has 2 saturated heterocycles. The maximum atomic E-state index is 12.4. The lowest BCUT2D eigenvalue weighted by molar-refractivity contribution is -0.132. The second kappa shape index (κ2) is 10.4. The third kappa shape index (κ3) is 5.46. The minimum atomic E-state index is 0. The van der Waals surface area contributed by atoms with Crippen LogP contribution in [0.1, 0.15) is 18.2 Å². The number of hydrogen-bond donors (Lipinski definition) is 1. The summed E-state index contributed by atoms with van der Waals surface area (Å²) in [4.78, 5) is 22.4. The van der Waals surface area contributed by atoms with E-state index in [0.29, 0.717) is 13.0 Å². The number of carbonyl (C=O) groups is 1. The molecular weight excluding hydrogens is 371 g/mol. The number of morpholine rings is 1. The normalized spacial score (nSPS) is 21.0. The Morgan fingerprint density at radius 2 is 2.12 bits per heavy atom. The largest absolute Gasteiger partial charge is 0.378 e. The summed E-state index contributed by atoms with van der Waals surface area (Å²) in [5.41, 5.74) is 0. The Labute approximate surface area is 159 Å². The van der Waals surface area contributed by atoms with Crippen LogP contribution in [-0.2, 0) is 16.0 Å². The van der Waals surface area contributed by atoms with Crippen LogP contribution >= 0.6 is 36.2 Å². The number of aromatic nitrogens is 1. The van der Waals surface area contributed by atoms with Gasteiger partial charge in [0.2, 0.25) is 5.91 Å². The Kier molecular flexibility index (Phi) is 9.30. The van der Waals surface area contributed by atoms with E-state index in [1.54, 1.807) is 11.3 Å². The zero-order valence-electron chi connectivity index (χ0n) is 13.9. The van der Waals surface area contributed by atoms with Crippen LogP contribution in [0.3, 0.4) is 0 Å². The van der Waals surface area contributed by atoms with Crippen molar-refractivity contribution in [1.82, 2.24) is 15.2 Å². The van der Waals surface area contributed by atoms with Crippen molar-refractivity contribution < 1.29 is 9.53 Å². The van der Waals surface area contributed by atoms with Crippen LogP contribution in [0.15, 0.2) is 6.20 Å². The minimum Gasteiger partial charge on any atom is -0.378 e. The number of ether oxygens (including phenoxy) is 1. The van der Waals surface area contributed by atoms with Crippen LogP contribution in [0, 0.1) is 0 Å². The predicted molar refractivity (Wildman–Crippen MR) is 102 cm³/mol. The molecule has 3 heterocycles. The smallest absolute Gasteiger partial charge is 0.224 e. The van der Waals surface area contributed by atoms with Crippen LogP contribution < -0.4 is 10.2 Å². The molecule has 2 aliphatic rings. The van der Waals surface area contributed by atoms with E-state index in [9.17, 15) is 4.79 Å². The molecule has 1 atom stereocenters. The van der Waals surface area contributed by atoms with Gasteiger partial charge in [-0.3, -0.25) is 4.79 Å². The molecule has 138 valence electrons. The van der Waals surface area contributed by atoms with Crippen molar-refractivity contribution >= 4 is 47.2 Å². The van der Waals surface area contributed by atoms with Crippen molar-refractivity contribution in [1.29, 1.82) is 0 Å². The zero-order valence-corrected chi connectivity index (χ0v) is 16.4. The number of amides is 1. The van der Waals surface area contributed by atoms with Gasteiger partial charge in [-0.1, -0.05) is 6.92 Å². The van der Waals surface area contributed by atoms with Gasteiger partial charge in [0.1, 0.15) is 0 Å². The molecule has 3 rings (SSSR count). The lowest BCUT2D eigenvalue weighted by atomic mass is 10.1. The summed E-state index contributed by atoms with van der Waals surface area (Å²) in [6.07, 6.45) is 3.54. The van der Waals surface area contributed by atoms with Gasteiger partial charge in [0.05, 0.1) is 13.2 Å². The van der Waals surface area contributed by atoms with Crippen LogP contribution in [0.4, 0.5) is 5.13 Å². The fraction of sp³-hybridized carbons (Fsp3) is 0.733. The fourth-order valence-corrected chi connectivity index (χ4v) is 3.75. The molecule has 1 aromatic rings. The van der Waals surface area contributed by atoms with Gasteiger partial charge in [0.25, 0.3) is 0 Å². The average Bonchev–Trinajstić information content (AvgIpc) is 3.05. The number of thiazole rings is 1. The standard InChI is InChI=1S/C15H24N4O2S.2ClH/c1-2-13-10-17-15(22-13)19-6-4-18(5-7-19)14(20)9-12-11-21-8-3-16-12;;/h10,12,16H,2-9,11H2,1H3;2*1H. The summed E-state index contributed by atoms with van der Waals surface area (Å²) in [5, 5.41) is 4.43. The van der Waals surface area contributed by atoms with Gasteiger partial charge in [-0.2, -0.15) is 0 Å². The minimum absolute atomic E-state index is 0. The highest BCUT2D eigenvalue weighted by atomic mass is 35.5. The van der Waals surface area contributed by atoms with Crippen LogP contribution in [0.2, 0.25) is 0 Å². The molecule has 1 amide bonds. The summed E-state index contributed by atoms with van der Waals surface area (Å²) in [5.74, 6) is 0.232. The number of hydrogen-bond acceptors (Lipinski definition) is 6. The van der Waals surface area contributed by atoms with Gasteiger partial charge in [-0.05, 0) is 6.42 Å². The van der Waals surface area contributed by atoms with Gasteiger partial charge >= 0.3 is 0 Å². The van der Waals surface area contributed by atoms with Crippen molar-refractivity contribution in [2.24, 2.45) is 0 Å². The highest BCUT2D eigenvalue weighted by molar-refractivity contribution is 7.15. The van der Waals surface area contributed by atoms with Crippen LogP contribution in [-0.4, -0.2) is 67.8 Å². The molecule has 1 unspecified atom stereocenters. The van der Waals surface area contributed by atoms with Crippen LogP contribution in [0.25, 0.3) is 0 Å². The zero-order chi connectivity index (χ0) is 15.4. The highest BCUT2D eigenvalue weighted by Crippen LogP contribution is 2.24. The molecule has 6 nitrogen and oxygen atoms in total. The first kappa shape index (κ1) is 21.4. The SMILES string of the molecule is CCc1cnc(N2CCN(C(=O)CC3COCCN3)CC2)s1.Cl.Cl. The molecule has 1 aromatic heterocycles. The summed E-state index contributed by atoms with van der Waals surface area (Å²) in [6, 6.07) is 0.172. The molecule has 0 spiro atoms. The first-order valence-corrected chi connectivity index (χ1v) is 8.86. The molecular formula is C15H26Cl2N4O2S. The van der Waals surface area contributed by atoms with E-state index in [2.05, 4.69) is 22.1 Å². The average molecular weight is 397 g/mol. The summed E-state index contributed by atoms with van der Waals surface area (Å²) in [7, 11) is 0. The molecule has 0 saturated carbocycles. The third-order valence-corrected chi connectivity index (χ3v) is 5.41. The Hall–Kier alpha value is -0.600. The molecule has 2 aliphatic heterocycles. The van der Waals surface area contributed by atoms with E-state index in [1.807, 2.05) is 11.1 Å². The lowest BCUT2D eigenvalue weighted by Gasteiger charge is -2.35. The molecule has 24 heavy (non-hydrogen) atoms. The molecule has 9 heteroatoms. The van der Waals surface area contributed by atoms with Gasteiger partial charge in [-0.15, -0.1) is 36.2 Å². The molecule has 1 N–H and O–H groups in total. The molecule has 2 fully saturated rings. The summed E-state index contributed by atoms with van der Waals surface area (Å²) >= 11 is 1.76. The van der Waals surface area contributed by atoms with Gasteiger partial charge < -0.3 is 19.9 Å². The number of piperazine rings is 1. The van der Waals surface area contributed by atoms with Crippen molar-refractivity contribution in [3.63, 3.8) is 0 Å². The van der Waals surface area contributed by atoms with E-state index in [1.165, 1.54) is 4.88 Å². The maximum absolute atomic E-state index is 12.4. The number of nitrogens with zero attached hydrogens (tertiary/aromatic N) is 3. The second-order valence-corrected chi connectivity index (χ2v) is 6.85. The first-order valence-electron chi connectivity index (χ1n) is 8.05. The van der Waals surface area contributed by atoms with E-state index in [4.69, 9.17) is 4.74 Å². The van der Waals surface area contributed by atoms with Gasteiger partial charge in [-0.25, -0.2) is 4.98 Å². The summed E-state index contributed by atoms with van der Waals surface area (Å²) < 4.78 is 5.41. The fourth-order valence-electron chi connectivity index (χ4n) is 2.84. The Balaban J connectivity index is 0.00000144. The van der Waals surface area contributed by atoms with Crippen molar-refractivity contribution in [2.45, 2.75) is 25.8 Å². The maximum Gasteiger partial charge on any atom is 0.224 e. The van der Waals surface area contributed by atoms with Crippen molar-refractivity contribution in [3.8, 4) is 0 Å². The van der Waals surface area contributed by atoms with Crippen LogP contribution in [0.5, 0.6) is 0 Å². The van der Waals surface area contributed by atoms with E-state index in [0.717, 1.165) is 50.9 Å². The monoisotopic (exact) mass is 396 g/mol. The Bertz CT molecular complexity index is 503. The third-order valence-electron chi connectivity index (χ3n) is 4.21. The number of rotatable bonds is 4. The highest BCUT2D eigenvalue weighted by Gasteiger charge is 2.25. The number of carbonyl (C=O) groups excluding carboxylic acids is 1. The van der Waals surface area contributed by atoms with Gasteiger partial charge in [0, 0.05) is 56.3 Å². The summed E-state index contributed by atoms with van der Waals surface area (Å²) in [6.45, 7) is 7.70. The van der Waals surface area contributed by atoms with E-state index >= 15 is 0 Å². The Morgan fingerprint density at radius 1 is 1.38 bits per heavy atom. The quantitative estimate of drug-likeness (QED) is 0.836. The molecule has 0 aliphatic carbocycles. The van der Waals surface area contributed by atoms with E-state index in [-0.39, 0.29) is 36.8 Å². The van der Waals surface area contributed by atoms with Crippen molar-refractivity contribution in [2.75, 3.05) is 50.8 Å². The topological polar surface area (TPSA) is 57.7 Å². The second-order valence-electron chi connectivity index (χ2n) is 5.76. The van der Waals surface area contributed by atoms with E-state index < -0.39 is 0 Å². The first-order chi connectivity index (χ1) is 10.8. The molecule has 0 aromatic carbocycles. The number of anilines is 1.